The van der Waals surface area contributed by atoms with Crippen molar-refractivity contribution in [1.82, 2.24) is 4.90 Å². The van der Waals surface area contributed by atoms with Gasteiger partial charge in [-0.25, -0.2) is 8.42 Å². The van der Waals surface area contributed by atoms with Gasteiger partial charge in [0.1, 0.15) is 6.04 Å². The van der Waals surface area contributed by atoms with E-state index < -0.39 is 45.0 Å². The number of halogens is 3. The maximum Gasteiger partial charge on any atom is 0.416 e. The van der Waals surface area contributed by atoms with Crippen LogP contribution in [0.5, 0.6) is 0 Å². The first-order valence-electron chi connectivity index (χ1n) is 11.4. The van der Waals surface area contributed by atoms with Crippen molar-refractivity contribution < 1.29 is 31.2 Å². The third kappa shape index (κ3) is 4.01. The number of likely N-dealkylation sites (tertiary alicyclic amines) is 1. The van der Waals surface area contributed by atoms with Gasteiger partial charge in [0.2, 0.25) is 5.91 Å². The van der Waals surface area contributed by atoms with Gasteiger partial charge in [0.15, 0.2) is 9.84 Å². The number of nitrogens with two attached hydrogens (primary N) is 1. The average Bonchev–Trinajstić information content (AvgIpc) is 3.71. The lowest BCUT2D eigenvalue weighted by Crippen LogP contribution is -2.53. The Morgan fingerprint density at radius 1 is 1.11 bits per heavy atom. The molecule has 35 heavy (non-hydrogen) atoms. The van der Waals surface area contributed by atoms with Crippen LogP contribution in [-0.2, 0) is 20.8 Å². The van der Waals surface area contributed by atoms with Gasteiger partial charge in [-0.1, -0.05) is 18.2 Å². The number of benzene rings is 2. The van der Waals surface area contributed by atoms with Crippen molar-refractivity contribution in [3.63, 3.8) is 0 Å². The normalized spacial score (nSPS) is 26.8. The zero-order chi connectivity index (χ0) is 25.3. The molecule has 2 N–H and O–H groups in total. The van der Waals surface area contributed by atoms with Crippen molar-refractivity contribution in [2.45, 2.75) is 54.3 Å². The summed E-state index contributed by atoms with van der Waals surface area (Å²) >= 11 is 0. The van der Waals surface area contributed by atoms with E-state index in [-0.39, 0.29) is 28.2 Å². The van der Waals surface area contributed by atoms with Crippen LogP contribution in [0.2, 0.25) is 0 Å². The highest BCUT2D eigenvalue weighted by atomic mass is 32.2. The van der Waals surface area contributed by atoms with Crippen LogP contribution in [0.3, 0.4) is 0 Å². The van der Waals surface area contributed by atoms with Gasteiger partial charge in [0.25, 0.3) is 5.91 Å². The molecule has 2 amide bonds. The number of piperidine rings is 1. The number of primary amides is 1. The number of alkyl halides is 3. The predicted molar refractivity (Wildman–Crippen MR) is 121 cm³/mol. The summed E-state index contributed by atoms with van der Waals surface area (Å²) < 4.78 is 63.5. The summed E-state index contributed by atoms with van der Waals surface area (Å²) in [6.07, 6.45) is -0.636. The van der Waals surface area contributed by atoms with Crippen molar-refractivity contribution in [2.75, 3.05) is 6.26 Å². The van der Waals surface area contributed by atoms with E-state index in [1.165, 1.54) is 41.3 Å². The maximum absolute atomic E-state index is 13.8. The molecule has 0 spiro atoms. The number of fused-ring (bicyclic) bond motifs is 1. The van der Waals surface area contributed by atoms with Gasteiger partial charge < -0.3 is 10.6 Å². The van der Waals surface area contributed by atoms with Crippen LogP contribution in [0.4, 0.5) is 13.2 Å². The molecule has 4 atom stereocenters. The number of nitrogens with zero attached hydrogens (tertiary/aromatic N) is 1. The van der Waals surface area contributed by atoms with Crippen molar-refractivity contribution >= 4 is 21.7 Å². The van der Waals surface area contributed by atoms with Gasteiger partial charge in [0.05, 0.1) is 16.0 Å². The lowest BCUT2D eigenvalue weighted by atomic mass is 9.83. The lowest BCUT2D eigenvalue weighted by Gasteiger charge is -2.39. The van der Waals surface area contributed by atoms with Gasteiger partial charge in [-0.3, -0.25) is 9.59 Å². The van der Waals surface area contributed by atoms with E-state index in [4.69, 9.17) is 5.73 Å². The van der Waals surface area contributed by atoms with E-state index in [0.29, 0.717) is 18.4 Å². The summed E-state index contributed by atoms with van der Waals surface area (Å²) in [5.41, 5.74) is 5.05. The second-order valence-electron chi connectivity index (χ2n) is 9.96. The molecule has 2 saturated carbocycles. The van der Waals surface area contributed by atoms with Crippen LogP contribution in [0, 0.1) is 11.8 Å². The van der Waals surface area contributed by atoms with Crippen LogP contribution >= 0.6 is 0 Å². The minimum atomic E-state index is -4.45. The van der Waals surface area contributed by atoms with Crippen LogP contribution in [0.15, 0.2) is 53.4 Å². The van der Waals surface area contributed by atoms with Crippen molar-refractivity contribution in [3.8, 4) is 0 Å². The standard InChI is InChI=1S/C25H25F3N2O4S/c1-35(33,34)19-4-2-3-16(11-19)23(32)30-20(22(29)31)12-18-13-24(18,30)21(14-5-6-14)15-7-9-17(10-8-15)25(26,27)28/h2-4,7-11,14,18,20-21H,5-6,12-13H2,1H3,(H2,29,31)/t18?,20?,21-,24?/m1/s1. The highest BCUT2D eigenvalue weighted by molar-refractivity contribution is 7.90. The number of hydrogen-bond acceptors (Lipinski definition) is 4. The van der Waals surface area contributed by atoms with Gasteiger partial charge in [0, 0.05) is 17.7 Å². The summed E-state index contributed by atoms with van der Waals surface area (Å²) in [4.78, 5) is 27.7. The highest BCUT2D eigenvalue weighted by Crippen LogP contribution is 2.69. The van der Waals surface area contributed by atoms with Gasteiger partial charge in [-0.2, -0.15) is 13.2 Å². The molecule has 1 saturated heterocycles. The van der Waals surface area contributed by atoms with E-state index in [1.807, 2.05) is 0 Å². The number of sulfone groups is 1. The molecule has 2 aliphatic carbocycles. The van der Waals surface area contributed by atoms with E-state index in [1.54, 1.807) is 0 Å². The fourth-order valence-corrected chi connectivity index (χ4v) is 6.63. The van der Waals surface area contributed by atoms with Crippen LogP contribution in [0.1, 0.15) is 53.1 Å². The Labute approximate surface area is 201 Å². The predicted octanol–water partition coefficient (Wildman–Crippen LogP) is 3.76. The van der Waals surface area contributed by atoms with E-state index in [0.717, 1.165) is 31.2 Å². The molecule has 3 fully saturated rings. The van der Waals surface area contributed by atoms with Gasteiger partial charge in [-0.05, 0) is 73.4 Å². The molecule has 1 aliphatic heterocycles. The molecule has 6 nitrogen and oxygen atoms in total. The Morgan fingerprint density at radius 3 is 2.31 bits per heavy atom. The fourth-order valence-electron chi connectivity index (χ4n) is 5.96. The van der Waals surface area contributed by atoms with Crippen molar-refractivity contribution in [1.29, 1.82) is 0 Å². The zero-order valence-electron chi connectivity index (χ0n) is 19.0. The van der Waals surface area contributed by atoms with Crippen molar-refractivity contribution in [3.05, 3.63) is 65.2 Å². The molecule has 5 rings (SSSR count). The lowest BCUT2D eigenvalue weighted by molar-refractivity contribution is -0.137. The molecule has 0 bridgehead atoms. The summed E-state index contributed by atoms with van der Waals surface area (Å²) in [6.45, 7) is 0. The number of hydrogen-bond donors (Lipinski definition) is 1. The van der Waals surface area contributed by atoms with Crippen LogP contribution in [-0.4, -0.2) is 43.0 Å². The molecule has 186 valence electrons. The SMILES string of the molecule is CS(=O)(=O)c1cccc(C(=O)N2C(C(N)=O)CC3CC32[C@@H](c2ccc(C(F)(F)F)cc2)C2CC2)c1. The molecule has 0 radical (unpaired) electrons. The van der Waals surface area contributed by atoms with Gasteiger partial charge in [-0.15, -0.1) is 0 Å². The summed E-state index contributed by atoms with van der Waals surface area (Å²) in [5, 5.41) is 0. The second-order valence-corrected chi connectivity index (χ2v) is 12.0. The summed E-state index contributed by atoms with van der Waals surface area (Å²) in [6, 6.07) is 9.87. The third-order valence-corrected chi connectivity index (χ3v) is 8.78. The number of carbonyl (C=O) groups excluding carboxylic acids is 2. The Bertz CT molecular complexity index is 1300. The maximum atomic E-state index is 13.8. The first-order valence-corrected chi connectivity index (χ1v) is 13.3. The monoisotopic (exact) mass is 506 g/mol. The second kappa shape index (κ2) is 7.81. The number of amides is 2. The molecule has 1 heterocycles. The minimum absolute atomic E-state index is 0.00469. The molecule has 0 aromatic heterocycles. The molecule has 2 aromatic carbocycles. The van der Waals surface area contributed by atoms with Crippen LogP contribution in [0.25, 0.3) is 0 Å². The van der Waals surface area contributed by atoms with E-state index >= 15 is 0 Å². The number of carbonyl (C=O) groups is 2. The van der Waals surface area contributed by atoms with Crippen LogP contribution < -0.4 is 5.73 Å². The Balaban J connectivity index is 1.57. The fraction of sp³-hybridized carbons (Fsp3) is 0.440. The summed E-state index contributed by atoms with van der Waals surface area (Å²) in [7, 11) is -3.56. The first-order chi connectivity index (χ1) is 16.3. The Kier molecular flexibility index (Phi) is 5.32. The molecule has 3 unspecified atom stereocenters. The topological polar surface area (TPSA) is 97.5 Å². The Morgan fingerprint density at radius 2 is 1.77 bits per heavy atom. The molecule has 2 aromatic rings. The highest BCUT2D eigenvalue weighted by Gasteiger charge is 2.72. The summed E-state index contributed by atoms with van der Waals surface area (Å²) in [5.74, 6) is -1.19. The van der Waals surface area contributed by atoms with E-state index in [9.17, 15) is 31.2 Å². The molecule has 3 aliphatic rings. The van der Waals surface area contributed by atoms with Gasteiger partial charge >= 0.3 is 6.18 Å². The van der Waals surface area contributed by atoms with Crippen molar-refractivity contribution in [2.24, 2.45) is 17.6 Å². The zero-order valence-corrected chi connectivity index (χ0v) is 19.8. The van der Waals surface area contributed by atoms with E-state index in [2.05, 4.69) is 0 Å². The smallest absolute Gasteiger partial charge is 0.368 e. The quantitative estimate of drug-likeness (QED) is 0.645. The first kappa shape index (κ1) is 23.8. The molecule has 10 heteroatoms. The Hall–Kier alpha value is -2.88. The average molecular weight is 507 g/mol. The molecular weight excluding hydrogens is 481 g/mol. The largest absolute Gasteiger partial charge is 0.416 e. The third-order valence-electron chi connectivity index (χ3n) is 7.67. The minimum Gasteiger partial charge on any atom is -0.368 e. The number of rotatable bonds is 6. The molecular formula is C25H25F3N2O4S.